The Labute approximate surface area is 619 Å². The lowest BCUT2D eigenvalue weighted by atomic mass is 9.98. The van der Waals surface area contributed by atoms with Crippen LogP contribution in [0.2, 0.25) is 0 Å². The fourth-order valence-electron chi connectivity index (χ4n) is 12.5. The predicted octanol–water partition coefficient (Wildman–Crippen LogP) is 0.737. The zero-order chi connectivity index (χ0) is 78.8. The van der Waals surface area contributed by atoms with Crippen LogP contribution in [0, 0.1) is 35.5 Å². The molecular weight excluding hydrogens is 1340 g/mol. The molecule has 0 bridgehead atoms. The minimum absolute atomic E-state index is 0.0143. The van der Waals surface area contributed by atoms with Crippen molar-refractivity contribution in [1.82, 2.24) is 63.4 Å². The number of amides is 13. The van der Waals surface area contributed by atoms with Crippen LogP contribution in [-0.2, 0) is 62.3 Å². The van der Waals surface area contributed by atoms with Gasteiger partial charge in [0.25, 0.3) is 0 Å². The molecule has 0 spiro atoms. The molecule has 0 aromatic heterocycles. The number of carbonyl (C=O) groups excluding carboxylic acids is 13. The largest absolute Gasteiger partial charge is 0.368 e. The Morgan fingerprint density at radius 3 is 0.788 bits per heavy atom. The highest BCUT2D eigenvalue weighted by Gasteiger charge is 2.41. The molecular formula is C73H138N18O13. The summed E-state index contributed by atoms with van der Waals surface area (Å²) in [6.45, 7) is 25.3. The van der Waals surface area contributed by atoms with Crippen LogP contribution < -0.4 is 92.9 Å². The van der Waals surface area contributed by atoms with Crippen molar-refractivity contribution in [3.8, 4) is 0 Å². The number of likely N-dealkylation sites (tertiary alicyclic amines) is 1. The van der Waals surface area contributed by atoms with Crippen molar-refractivity contribution in [1.29, 1.82) is 0 Å². The predicted molar refractivity (Wildman–Crippen MR) is 402 cm³/mol. The van der Waals surface area contributed by atoms with Gasteiger partial charge in [-0.25, -0.2) is 0 Å². The summed E-state index contributed by atoms with van der Waals surface area (Å²) < 4.78 is 0. The second kappa shape index (κ2) is 52.0. The lowest BCUT2D eigenvalue weighted by Crippen LogP contribution is -2.61. The molecule has 0 aliphatic carbocycles. The van der Waals surface area contributed by atoms with Crippen LogP contribution in [0.25, 0.3) is 0 Å². The normalized spacial score (nSPS) is 16.2. The summed E-state index contributed by atoms with van der Waals surface area (Å²) >= 11 is 0. The van der Waals surface area contributed by atoms with Gasteiger partial charge in [-0.05, 0) is 216 Å². The third-order valence-electron chi connectivity index (χ3n) is 17.8. The van der Waals surface area contributed by atoms with Gasteiger partial charge in [-0.15, -0.1) is 0 Å². The first-order chi connectivity index (χ1) is 49.0. The molecule has 1 fully saturated rings. The summed E-state index contributed by atoms with van der Waals surface area (Å²) in [6, 6.07) is -13.7. The quantitative estimate of drug-likeness (QED) is 0.0373. The van der Waals surface area contributed by atoms with Gasteiger partial charge in [-0.3, -0.25) is 62.3 Å². The van der Waals surface area contributed by atoms with Gasteiger partial charge in [-0.1, -0.05) is 83.1 Å². The topological polar surface area (TPSA) is 514 Å². The number of hydrogen-bond donors (Lipinski definition) is 17. The van der Waals surface area contributed by atoms with Crippen LogP contribution in [0.1, 0.15) is 238 Å². The third-order valence-corrected chi connectivity index (χ3v) is 17.8. The zero-order valence-electron chi connectivity index (χ0n) is 65.1. The molecule has 1 heterocycles. The Balaban J connectivity index is 3.67. The minimum atomic E-state index is -1.26. The molecule has 13 amide bonds. The first-order valence-electron chi connectivity index (χ1n) is 38.4. The fraction of sp³-hybridized carbons (Fsp3) is 0.822. The van der Waals surface area contributed by atoms with Crippen LogP contribution in [-0.4, -0.2) is 193 Å². The Morgan fingerprint density at radius 1 is 0.308 bits per heavy atom. The number of hydrogen-bond acceptors (Lipinski definition) is 18. The van der Waals surface area contributed by atoms with E-state index in [1.807, 2.05) is 83.1 Å². The van der Waals surface area contributed by atoms with Crippen molar-refractivity contribution < 1.29 is 62.3 Å². The van der Waals surface area contributed by atoms with E-state index < -0.39 is 149 Å². The highest BCUT2D eigenvalue weighted by molar-refractivity contribution is 6.00. The van der Waals surface area contributed by atoms with Crippen LogP contribution in [0.4, 0.5) is 0 Å². The molecule has 1 saturated heterocycles. The van der Waals surface area contributed by atoms with Crippen molar-refractivity contribution in [2.75, 3.05) is 39.3 Å². The van der Waals surface area contributed by atoms with E-state index >= 15 is 0 Å². The maximum absolute atomic E-state index is 14.9. The molecule has 0 unspecified atom stereocenters. The number of rotatable bonds is 55. The number of unbranched alkanes of at least 4 members (excludes halogenated alkanes) is 5. The second-order valence-corrected chi connectivity index (χ2v) is 30.7. The summed E-state index contributed by atoms with van der Waals surface area (Å²) in [5, 5.41) is 30.9. The molecule has 12 atom stereocenters. The van der Waals surface area contributed by atoms with Gasteiger partial charge in [-0.2, -0.15) is 0 Å². The van der Waals surface area contributed by atoms with E-state index in [1.165, 1.54) is 11.8 Å². The molecule has 1 aliphatic heterocycles. The maximum Gasteiger partial charge on any atom is 0.245 e. The van der Waals surface area contributed by atoms with Gasteiger partial charge in [0, 0.05) is 13.5 Å². The van der Waals surface area contributed by atoms with Crippen LogP contribution in [0.5, 0.6) is 0 Å². The van der Waals surface area contributed by atoms with E-state index in [1.54, 1.807) is 0 Å². The number of nitrogens with one attached hydrogen (secondary N) is 11. The molecule has 0 saturated carbocycles. The van der Waals surface area contributed by atoms with Gasteiger partial charge in [0.2, 0.25) is 76.8 Å². The summed E-state index contributed by atoms with van der Waals surface area (Å²) in [4.78, 5) is 184. The maximum atomic E-state index is 14.9. The van der Waals surface area contributed by atoms with Crippen molar-refractivity contribution in [3.05, 3.63) is 0 Å². The zero-order valence-corrected chi connectivity index (χ0v) is 65.1. The first-order valence-corrected chi connectivity index (χ1v) is 38.4. The van der Waals surface area contributed by atoms with Gasteiger partial charge in [0.15, 0.2) is 0 Å². The van der Waals surface area contributed by atoms with Gasteiger partial charge < -0.3 is 97.8 Å². The molecule has 0 aromatic carbocycles. The van der Waals surface area contributed by atoms with Gasteiger partial charge in [0.1, 0.15) is 72.5 Å². The Hall–Kier alpha value is -7.09. The average molecular weight is 1480 g/mol. The lowest BCUT2D eigenvalue weighted by molar-refractivity contribution is -0.143. The van der Waals surface area contributed by atoms with Crippen molar-refractivity contribution in [2.24, 2.45) is 69.9 Å². The molecule has 104 heavy (non-hydrogen) atoms. The summed E-state index contributed by atoms with van der Waals surface area (Å²) in [5.74, 6) is -9.12. The smallest absolute Gasteiger partial charge is 0.245 e. The second-order valence-electron chi connectivity index (χ2n) is 30.7. The average Bonchev–Trinajstić information content (AvgIpc) is 1.62. The molecule has 598 valence electrons. The van der Waals surface area contributed by atoms with Crippen molar-refractivity contribution in [2.45, 2.75) is 310 Å². The number of primary amides is 1. The molecule has 1 aliphatic rings. The molecule has 0 aromatic rings. The van der Waals surface area contributed by atoms with Gasteiger partial charge >= 0.3 is 0 Å². The van der Waals surface area contributed by atoms with Crippen LogP contribution in [0.15, 0.2) is 0 Å². The monoisotopic (exact) mass is 1480 g/mol. The fourth-order valence-corrected chi connectivity index (χ4v) is 12.5. The highest BCUT2D eigenvalue weighted by Crippen LogP contribution is 2.23. The molecule has 31 nitrogen and oxygen atoms in total. The first kappa shape index (κ1) is 94.9. The van der Waals surface area contributed by atoms with E-state index in [9.17, 15) is 62.3 Å². The third kappa shape index (κ3) is 38.3. The number of nitrogens with zero attached hydrogens (tertiary/aromatic N) is 1. The number of nitrogens with two attached hydrogens (primary N) is 6. The van der Waals surface area contributed by atoms with E-state index in [2.05, 4.69) is 58.5 Å². The standard InChI is InChI=1S/C73H138N18O13/c1-43(2)37-55(62(79)93)85-65(96)52(27-16-21-33-76)82-69(100)60(42-48(11)12)90-72(103)61-30-24-36-91(61)73(104)54(29-18-23-35-78)84-64(95)51(26-15-20-32-75)81-67(98)56(38-44(3)4)89-71(102)59(41-47(9)10)87-66(97)53(28-17-22-34-77)83-68(99)57(39-45(5)6)88-70(101)58(40-46(7)8)86-63(94)50(80-49(13)92)25-14-19-31-74/h43-48,50-61H,14-42,74-78H2,1-13H3,(H2,79,93)(H,80,92)(H,81,98)(H,82,100)(H,83,99)(H,84,95)(H,85,96)(H,86,94)(H,87,97)(H,88,101)(H,89,102)(H,90,103)/t50-,51-,52-,53-,54-,55-,56-,57-,58-,59-,60-,61-/m0/s1. The van der Waals surface area contributed by atoms with Gasteiger partial charge in [0.05, 0.1) is 0 Å². The highest BCUT2D eigenvalue weighted by atomic mass is 16.2. The minimum Gasteiger partial charge on any atom is -0.368 e. The molecule has 0 radical (unpaired) electrons. The Bertz CT molecular complexity index is 2670. The lowest BCUT2D eigenvalue weighted by Gasteiger charge is -2.31. The SMILES string of the molecule is CC(=O)N[C@@H](CCCCN)C(=O)N[C@@H](CC(C)C)C(=O)N[C@@H](CC(C)C)C(=O)N[C@@H](CCCCN)C(=O)N[C@@H](CC(C)C)C(=O)N[C@@H](CC(C)C)C(=O)N[C@@H](CCCCN)C(=O)N[C@@H](CCCCN)C(=O)N1CCC[C@H]1C(=O)N[C@@H](CC(C)C)C(=O)N[C@@H](CCCCN)C(=O)N[C@@H](CC(C)C)C(N)=O. The molecule has 23 N–H and O–H groups in total. The summed E-state index contributed by atoms with van der Waals surface area (Å²) in [5.41, 5.74) is 34.8. The van der Waals surface area contributed by atoms with E-state index in [-0.39, 0.29) is 139 Å². The van der Waals surface area contributed by atoms with Crippen molar-refractivity contribution in [3.63, 3.8) is 0 Å². The molecule has 1 rings (SSSR count). The van der Waals surface area contributed by atoms with Crippen LogP contribution >= 0.6 is 0 Å². The van der Waals surface area contributed by atoms with Crippen LogP contribution in [0.3, 0.4) is 0 Å². The Kier molecular flexibility index (Phi) is 47.5. The van der Waals surface area contributed by atoms with E-state index in [0.29, 0.717) is 83.7 Å². The van der Waals surface area contributed by atoms with Crippen molar-refractivity contribution >= 4 is 76.8 Å². The van der Waals surface area contributed by atoms with E-state index in [4.69, 9.17) is 34.4 Å². The Morgan fingerprint density at radius 2 is 0.529 bits per heavy atom. The summed E-state index contributed by atoms with van der Waals surface area (Å²) in [7, 11) is 0. The van der Waals surface area contributed by atoms with E-state index in [0.717, 1.165) is 0 Å². The molecule has 31 heteroatoms. The number of carbonyl (C=O) groups is 13. The summed E-state index contributed by atoms with van der Waals surface area (Å²) in [6.07, 6.45) is 7.11.